The molecule has 3 aromatic rings. The summed E-state index contributed by atoms with van der Waals surface area (Å²) in [5, 5.41) is 2.22. The summed E-state index contributed by atoms with van der Waals surface area (Å²) in [7, 11) is -2.56. The highest BCUT2D eigenvalue weighted by Crippen LogP contribution is 2.33. The van der Waals surface area contributed by atoms with Crippen LogP contribution < -0.4 is 19.5 Å². The first kappa shape index (κ1) is 24.1. The summed E-state index contributed by atoms with van der Waals surface area (Å²) < 4.78 is 108. The zero-order valence-corrected chi connectivity index (χ0v) is 18.0. The lowest BCUT2D eigenvalue weighted by Gasteiger charge is -2.15. The van der Waals surface area contributed by atoms with Gasteiger partial charge in [-0.2, -0.15) is 0 Å². The van der Waals surface area contributed by atoms with E-state index in [9.17, 15) is 30.4 Å². The predicted octanol–water partition coefficient (Wildman–Crippen LogP) is 4.81. The van der Waals surface area contributed by atoms with Crippen molar-refractivity contribution in [3.8, 4) is 11.5 Å². The van der Waals surface area contributed by atoms with Gasteiger partial charge in [0.05, 0.1) is 19.9 Å². The molecule has 12 heteroatoms. The summed E-state index contributed by atoms with van der Waals surface area (Å²) in [6.45, 7) is -0.230. The van der Waals surface area contributed by atoms with Gasteiger partial charge in [0.1, 0.15) is 11.4 Å². The molecule has 0 aromatic heterocycles. The van der Waals surface area contributed by atoms with Crippen molar-refractivity contribution in [3.05, 3.63) is 77.1 Å². The van der Waals surface area contributed by atoms with E-state index in [0.29, 0.717) is 17.4 Å². The molecule has 0 aliphatic carbocycles. The normalized spacial score (nSPS) is 11.2. The first-order chi connectivity index (χ1) is 15.6. The second-order valence-corrected chi connectivity index (χ2v) is 8.24. The van der Waals surface area contributed by atoms with Crippen LogP contribution in [0, 0.1) is 29.1 Å². The zero-order chi connectivity index (χ0) is 24.3. The van der Waals surface area contributed by atoms with Crippen molar-refractivity contribution in [1.82, 2.24) is 0 Å². The van der Waals surface area contributed by atoms with Crippen molar-refractivity contribution in [3.63, 3.8) is 0 Å². The molecule has 0 saturated carbocycles. The van der Waals surface area contributed by atoms with E-state index in [4.69, 9.17) is 4.74 Å². The summed E-state index contributed by atoms with van der Waals surface area (Å²) in [5.41, 5.74) is -1.14. The third-order valence-electron chi connectivity index (χ3n) is 4.52. The van der Waals surface area contributed by atoms with Crippen LogP contribution in [0.4, 0.5) is 33.3 Å². The number of ether oxygens (including phenoxy) is 2. The van der Waals surface area contributed by atoms with Crippen molar-refractivity contribution < 1.29 is 39.8 Å². The van der Waals surface area contributed by atoms with Gasteiger partial charge >= 0.3 is 0 Å². The van der Waals surface area contributed by atoms with Crippen LogP contribution in [0.25, 0.3) is 0 Å². The van der Waals surface area contributed by atoms with Crippen LogP contribution in [0.1, 0.15) is 5.56 Å². The van der Waals surface area contributed by atoms with E-state index in [1.54, 1.807) is 29.0 Å². The summed E-state index contributed by atoms with van der Waals surface area (Å²) in [6.07, 6.45) is 0. The molecule has 0 heterocycles. The molecule has 3 rings (SSSR count). The molecule has 0 aliphatic heterocycles. The van der Waals surface area contributed by atoms with Crippen LogP contribution in [0.15, 0.2) is 47.4 Å². The van der Waals surface area contributed by atoms with Gasteiger partial charge in [-0.05, 0) is 29.8 Å². The van der Waals surface area contributed by atoms with Gasteiger partial charge in [0.2, 0.25) is 0 Å². The van der Waals surface area contributed by atoms with Crippen molar-refractivity contribution in [2.75, 3.05) is 24.3 Å². The maximum absolute atomic E-state index is 14.6. The maximum Gasteiger partial charge on any atom is 0.267 e. The minimum atomic E-state index is -5.18. The van der Waals surface area contributed by atoms with Crippen LogP contribution in [-0.2, 0) is 16.6 Å². The summed E-state index contributed by atoms with van der Waals surface area (Å²) in [5.74, 6) is -8.85. The topological polar surface area (TPSA) is 76.7 Å². The summed E-state index contributed by atoms with van der Waals surface area (Å²) in [6, 6.07) is 8.97. The predicted molar refractivity (Wildman–Crippen MR) is 110 cm³/mol. The van der Waals surface area contributed by atoms with Crippen LogP contribution in [0.3, 0.4) is 0 Å². The lowest BCUT2D eigenvalue weighted by atomic mass is 10.2. The maximum atomic E-state index is 14.6. The molecule has 2 N–H and O–H groups in total. The van der Waals surface area contributed by atoms with Gasteiger partial charge in [-0.25, -0.2) is 30.4 Å². The van der Waals surface area contributed by atoms with Crippen LogP contribution >= 0.6 is 0 Å². The van der Waals surface area contributed by atoms with E-state index in [0.717, 1.165) is 12.1 Å². The number of nitrogens with one attached hydrogen (secondary N) is 2. The van der Waals surface area contributed by atoms with E-state index >= 15 is 0 Å². The standard InChI is InChI=1S/C21H17F5N2O4S/c1-31-13-6-3-11(4-7-13)10-27-20-16(23)18(25)21(19(26)17(20)24)33(29,30)28-12-5-8-15(32-2)14(22)9-12/h3-9,27-28H,10H2,1-2H3. The minimum Gasteiger partial charge on any atom is -0.497 e. The molecule has 0 unspecified atom stereocenters. The quantitative estimate of drug-likeness (QED) is 0.352. The van der Waals surface area contributed by atoms with E-state index < -0.39 is 55.4 Å². The van der Waals surface area contributed by atoms with Crippen molar-refractivity contribution in [1.29, 1.82) is 0 Å². The second kappa shape index (κ2) is 9.53. The van der Waals surface area contributed by atoms with E-state index in [1.807, 2.05) is 0 Å². The monoisotopic (exact) mass is 488 g/mol. The van der Waals surface area contributed by atoms with Gasteiger partial charge in [-0.1, -0.05) is 12.1 Å². The Labute approximate surface area is 186 Å². The van der Waals surface area contributed by atoms with E-state index in [1.165, 1.54) is 14.2 Å². The fraction of sp³-hybridized carbons (Fsp3) is 0.143. The van der Waals surface area contributed by atoms with Gasteiger partial charge < -0.3 is 14.8 Å². The van der Waals surface area contributed by atoms with Crippen LogP contribution in [0.2, 0.25) is 0 Å². The Morgan fingerprint density at radius 1 is 0.818 bits per heavy atom. The Kier molecular flexibility index (Phi) is 6.96. The van der Waals surface area contributed by atoms with Gasteiger partial charge in [0.25, 0.3) is 10.0 Å². The van der Waals surface area contributed by atoms with Crippen LogP contribution in [0.5, 0.6) is 11.5 Å². The molecular formula is C21H17F5N2O4S. The van der Waals surface area contributed by atoms with Crippen molar-refractivity contribution >= 4 is 21.4 Å². The molecule has 3 aromatic carbocycles. The molecule has 0 bridgehead atoms. The fourth-order valence-corrected chi connectivity index (χ4v) is 4.06. The average Bonchev–Trinajstić information content (AvgIpc) is 2.78. The second-order valence-electron chi connectivity index (χ2n) is 6.62. The Balaban J connectivity index is 1.92. The molecular weight excluding hydrogens is 471 g/mol. The first-order valence-electron chi connectivity index (χ1n) is 9.18. The largest absolute Gasteiger partial charge is 0.497 e. The molecule has 0 amide bonds. The molecule has 6 nitrogen and oxygen atoms in total. The Morgan fingerprint density at radius 2 is 1.42 bits per heavy atom. The summed E-state index contributed by atoms with van der Waals surface area (Å²) >= 11 is 0. The number of benzene rings is 3. The third kappa shape index (κ3) is 4.95. The lowest BCUT2D eigenvalue weighted by molar-refractivity contribution is 0.386. The summed E-state index contributed by atoms with van der Waals surface area (Å²) in [4.78, 5) is -1.89. The SMILES string of the molecule is COc1ccc(CNc2c(F)c(F)c(S(=O)(=O)Nc3ccc(OC)c(F)c3)c(F)c2F)cc1. The number of sulfonamides is 1. The highest BCUT2D eigenvalue weighted by atomic mass is 32.2. The number of hydrogen-bond donors (Lipinski definition) is 2. The van der Waals surface area contributed by atoms with Crippen molar-refractivity contribution in [2.24, 2.45) is 0 Å². The molecule has 0 saturated heterocycles. The van der Waals surface area contributed by atoms with E-state index in [-0.39, 0.29) is 12.3 Å². The van der Waals surface area contributed by atoms with Gasteiger partial charge in [-0.3, -0.25) is 4.72 Å². The molecule has 176 valence electrons. The molecule has 0 fully saturated rings. The number of rotatable bonds is 8. The van der Waals surface area contributed by atoms with Gasteiger partial charge in [0, 0.05) is 12.6 Å². The highest BCUT2D eigenvalue weighted by Gasteiger charge is 2.33. The fourth-order valence-electron chi connectivity index (χ4n) is 2.87. The zero-order valence-electron chi connectivity index (χ0n) is 17.2. The molecule has 33 heavy (non-hydrogen) atoms. The average molecular weight is 488 g/mol. The number of anilines is 2. The van der Waals surface area contributed by atoms with Crippen LogP contribution in [-0.4, -0.2) is 22.6 Å². The third-order valence-corrected chi connectivity index (χ3v) is 5.92. The van der Waals surface area contributed by atoms with Gasteiger partial charge in [0.15, 0.2) is 39.7 Å². The Morgan fingerprint density at radius 3 is 1.94 bits per heavy atom. The van der Waals surface area contributed by atoms with Gasteiger partial charge in [-0.15, -0.1) is 0 Å². The molecule has 0 spiro atoms. The minimum absolute atomic E-state index is 0.223. The number of hydrogen-bond acceptors (Lipinski definition) is 5. The van der Waals surface area contributed by atoms with E-state index in [2.05, 4.69) is 10.1 Å². The highest BCUT2D eigenvalue weighted by molar-refractivity contribution is 7.92. The van der Waals surface area contributed by atoms with Crippen molar-refractivity contribution in [2.45, 2.75) is 11.4 Å². The smallest absolute Gasteiger partial charge is 0.267 e. The molecule has 0 aliphatic rings. The Bertz CT molecular complexity index is 1260. The number of methoxy groups -OCH3 is 2. The molecule has 0 radical (unpaired) electrons. The lowest BCUT2D eigenvalue weighted by Crippen LogP contribution is -2.20. The molecule has 0 atom stereocenters. The first-order valence-corrected chi connectivity index (χ1v) is 10.7. The number of halogens is 5. The Hall–Kier alpha value is -3.54.